The molecule has 3 rings (SSSR count). The van der Waals surface area contributed by atoms with Crippen molar-refractivity contribution in [3.63, 3.8) is 0 Å². The van der Waals surface area contributed by atoms with E-state index in [1.807, 2.05) is 24.3 Å². The van der Waals surface area contributed by atoms with Gasteiger partial charge >= 0.3 is 0 Å². The highest BCUT2D eigenvalue weighted by atomic mass is 79.9. The topological polar surface area (TPSA) is 72.2 Å². The Balaban J connectivity index is 1.97. The molecule has 1 amide bonds. The van der Waals surface area contributed by atoms with Crippen LogP contribution in [0.25, 0.3) is 10.8 Å². The summed E-state index contributed by atoms with van der Waals surface area (Å²) in [4.78, 5) is 22.8. The number of fused-ring (bicyclic) bond motifs is 1. The Labute approximate surface area is 140 Å². The van der Waals surface area contributed by atoms with Gasteiger partial charge in [0.25, 0.3) is 11.6 Å². The molecule has 23 heavy (non-hydrogen) atoms. The second kappa shape index (κ2) is 6.18. The molecular formula is C17H11BrN2O3. The lowest BCUT2D eigenvalue weighted by atomic mass is 10.0. The fourth-order valence-electron chi connectivity index (χ4n) is 2.37. The number of nitrogens with zero attached hydrogens (tertiary/aromatic N) is 1. The molecule has 3 aromatic rings. The third kappa shape index (κ3) is 3.07. The van der Waals surface area contributed by atoms with Crippen LogP contribution in [0.4, 0.5) is 11.4 Å². The average Bonchev–Trinajstić information content (AvgIpc) is 2.55. The van der Waals surface area contributed by atoms with Crippen LogP contribution in [-0.2, 0) is 0 Å². The number of carbonyl (C=O) groups is 1. The number of nitro benzene ring substituents is 1. The van der Waals surface area contributed by atoms with Crippen LogP contribution in [-0.4, -0.2) is 10.8 Å². The quantitative estimate of drug-likeness (QED) is 0.533. The summed E-state index contributed by atoms with van der Waals surface area (Å²) in [6, 6.07) is 16.9. The van der Waals surface area contributed by atoms with Crippen LogP contribution in [0.15, 0.2) is 65.1 Å². The summed E-state index contributed by atoms with van der Waals surface area (Å²) < 4.78 is 0.903. The Bertz CT molecular complexity index is 925. The second-order valence-corrected chi connectivity index (χ2v) is 5.76. The van der Waals surface area contributed by atoms with Crippen molar-refractivity contribution >= 4 is 44.0 Å². The van der Waals surface area contributed by atoms with E-state index in [0.29, 0.717) is 11.3 Å². The lowest BCUT2D eigenvalue weighted by Crippen LogP contribution is -2.12. The summed E-state index contributed by atoms with van der Waals surface area (Å²) in [7, 11) is 0. The first-order valence-electron chi connectivity index (χ1n) is 6.79. The minimum atomic E-state index is -0.495. The number of non-ortho nitro benzene ring substituents is 1. The summed E-state index contributed by atoms with van der Waals surface area (Å²) in [5.74, 6) is -0.311. The second-order valence-electron chi connectivity index (χ2n) is 4.90. The van der Waals surface area contributed by atoms with Gasteiger partial charge in [0.15, 0.2) is 0 Å². The van der Waals surface area contributed by atoms with Gasteiger partial charge in [-0.2, -0.15) is 0 Å². The molecule has 0 heterocycles. The fraction of sp³-hybridized carbons (Fsp3) is 0. The van der Waals surface area contributed by atoms with Gasteiger partial charge in [-0.25, -0.2) is 0 Å². The first-order chi connectivity index (χ1) is 11.1. The van der Waals surface area contributed by atoms with Gasteiger partial charge in [-0.05, 0) is 29.0 Å². The molecule has 0 aliphatic carbocycles. The van der Waals surface area contributed by atoms with Gasteiger partial charge in [0.2, 0.25) is 0 Å². The molecule has 0 unspecified atom stereocenters. The molecule has 114 valence electrons. The van der Waals surface area contributed by atoms with Crippen LogP contribution in [0, 0.1) is 10.1 Å². The van der Waals surface area contributed by atoms with E-state index >= 15 is 0 Å². The van der Waals surface area contributed by atoms with Crippen LogP contribution in [0.3, 0.4) is 0 Å². The molecule has 0 fully saturated rings. The van der Waals surface area contributed by atoms with Gasteiger partial charge in [0, 0.05) is 27.9 Å². The van der Waals surface area contributed by atoms with E-state index in [9.17, 15) is 14.9 Å². The third-order valence-electron chi connectivity index (χ3n) is 3.43. The van der Waals surface area contributed by atoms with E-state index in [0.717, 1.165) is 15.2 Å². The van der Waals surface area contributed by atoms with Gasteiger partial charge in [-0.15, -0.1) is 0 Å². The van der Waals surface area contributed by atoms with Crippen LogP contribution in [0.5, 0.6) is 0 Å². The summed E-state index contributed by atoms with van der Waals surface area (Å²) >= 11 is 3.47. The summed E-state index contributed by atoms with van der Waals surface area (Å²) in [6.45, 7) is 0. The van der Waals surface area contributed by atoms with Crippen molar-refractivity contribution < 1.29 is 9.72 Å². The average molecular weight is 371 g/mol. The first kappa shape index (κ1) is 15.2. The Morgan fingerprint density at radius 1 is 1.00 bits per heavy atom. The number of halogens is 1. The molecule has 3 aromatic carbocycles. The highest BCUT2D eigenvalue weighted by Crippen LogP contribution is 2.27. The molecule has 0 bridgehead atoms. The summed E-state index contributed by atoms with van der Waals surface area (Å²) in [6.07, 6.45) is 0. The maximum absolute atomic E-state index is 12.5. The molecule has 0 aliphatic heterocycles. The van der Waals surface area contributed by atoms with E-state index in [4.69, 9.17) is 0 Å². The van der Waals surface area contributed by atoms with E-state index in [1.54, 1.807) is 18.2 Å². The molecule has 1 N–H and O–H groups in total. The first-order valence-corrected chi connectivity index (χ1v) is 7.58. The van der Waals surface area contributed by atoms with Crippen molar-refractivity contribution in [2.75, 3.05) is 5.32 Å². The number of hydrogen-bond acceptors (Lipinski definition) is 3. The molecule has 6 heteroatoms. The number of benzene rings is 3. The van der Waals surface area contributed by atoms with Crippen molar-refractivity contribution in [2.45, 2.75) is 0 Å². The SMILES string of the molecule is O=C(Nc1cccc([N+](=O)[O-])c1)c1cccc2c(Br)cccc12. The highest BCUT2D eigenvalue weighted by molar-refractivity contribution is 9.10. The normalized spacial score (nSPS) is 10.5. The number of nitrogens with one attached hydrogen (secondary N) is 1. The zero-order valence-electron chi connectivity index (χ0n) is 11.8. The molecule has 0 aliphatic rings. The Kier molecular flexibility index (Phi) is 4.08. The Hall–Kier alpha value is -2.73. The van der Waals surface area contributed by atoms with E-state index in [1.165, 1.54) is 18.2 Å². The largest absolute Gasteiger partial charge is 0.322 e. The maximum atomic E-state index is 12.5. The third-order valence-corrected chi connectivity index (χ3v) is 4.12. The molecule has 0 saturated heterocycles. The predicted molar refractivity (Wildman–Crippen MR) is 92.7 cm³/mol. The minimum absolute atomic E-state index is 0.0662. The van der Waals surface area contributed by atoms with Crippen molar-refractivity contribution in [1.29, 1.82) is 0 Å². The Morgan fingerprint density at radius 3 is 2.48 bits per heavy atom. The van der Waals surface area contributed by atoms with Gasteiger partial charge in [0.05, 0.1) is 4.92 Å². The Morgan fingerprint density at radius 2 is 1.70 bits per heavy atom. The van der Waals surface area contributed by atoms with Crippen molar-refractivity contribution in [3.8, 4) is 0 Å². The molecule has 5 nitrogen and oxygen atoms in total. The maximum Gasteiger partial charge on any atom is 0.271 e. The number of nitro groups is 1. The van der Waals surface area contributed by atoms with Gasteiger partial charge in [0.1, 0.15) is 0 Å². The fourth-order valence-corrected chi connectivity index (χ4v) is 2.86. The van der Waals surface area contributed by atoms with E-state index in [-0.39, 0.29) is 11.6 Å². The number of amides is 1. The van der Waals surface area contributed by atoms with Crippen molar-refractivity contribution in [1.82, 2.24) is 0 Å². The van der Waals surface area contributed by atoms with Crippen LogP contribution < -0.4 is 5.32 Å². The smallest absolute Gasteiger partial charge is 0.271 e. The molecule has 0 radical (unpaired) electrons. The van der Waals surface area contributed by atoms with E-state index < -0.39 is 4.92 Å². The van der Waals surface area contributed by atoms with Crippen LogP contribution in [0.1, 0.15) is 10.4 Å². The monoisotopic (exact) mass is 370 g/mol. The summed E-state index contributed by atoms with van der Waals surface area (Å²) in [5, 5.41) is 15.3. The van der Waals surface area contributed by atoms with Crippen molar-refractivity contribution in [3.05, 3.63) is 80.8 Å². The minimum Gasteiger partial charge on any atom is -0.322 e. The van der Waals surface area contributed by atoms with Crippen molar-refractivity contribution in [2.24, 2.45) is 0 Å². The lowest BCUT2D eigenvalue weighted by molar-refractivity contribution is -0.384. The van der Waals surface area contributed by atoms with Crippen LogP contribution in [0.2, 0.25) is 0 Å². The molecule has 0 aromatic heterocycles. The highest BCUT2D eigenvalue weighted by Gasteiger charge is 2.13. The van der Waals surface area contributed by atoms with Gasteiger partial charge in [-0.3, -0.25) is 14.9 Å². The molecule has 0 saturated carbocycles. The van der Waals surface area contributed by atoms with Gasteiger partial charge in [-0.1, -0.05) is 46.3 Å². The van der Waals surface area contributed by atoms with E-state index in [2.05, 4.69) is 21.2 Å². The number of hydrogen-bond donors (Lipinski definition) is 1. The molecular weight excluding hydrogens is 360 g/mol. The zero-order valence-corrected chi connectivity index (χ0v) is 13.4. The van der Waals surface area contributed by atoms with Crippen LogP contribution >= 0.6 is 15.9 Å². The number of carbonyl (C=O) groups excluding carboxylic acids is 1. The number of anilines is 1. The standard InChI is InChI=1S/C17H11BrN2O3/c18-16-9-3-6-13-14(16)7-2-8-15(13)17(21)19-11-4-1-5-12(10-11)20(22)23/h1-10H,(H,19,21). The molecule has 0 spiro atoms. The molecule has 0 atom stereocenters. The van der Waals surface area contributed by atoms with Gasteiger partial charge < -0.3 is 5.32 Å². The number of rotatable bonds is 3. The lowest BCUT2D eigenvalue weighted by Gasteiger charge is -2.09. The summed E-state index contributed by atoms with van der Waals surface area (Å²) in [5.41, 5.74) is 0.829. The zero-order chi connectivity index (χ0) is 16.4. The predicted octanol–water partition coefficient (Wildman–Crippen LogP) is 4.76.